The van der Waals surface area contributed by atoms with Crippen molar-refractivity contribution in [3.63, 3.8) is 0 Å². The molecule has 2 aromatic rings. The van der Waals surface area contributed by atoms with Crippen molar-refractivity contribution in [2.75, 3.05) is 16.8 Å². The van der Waals surface area contributed by atoms with Crippen molar-refractivity contribution in [2.45, 2.75) is 25.7 Å². The van der Waals surface area contributed by atoms with Gasteiger partial charge in [-0.1, -0.05) is 24.8 Å². The van der Waals surface area contributed by atoms with Crippen LogP contribution in [0.3, 0.4) is 0 Å². The lowest BCUT2D eigenvalue weighted by Gasteiger charge is -2.30. The number of rotatable bonds is 1. The molecule has 0 spiro atoms. The fourth-order valence-corrected chi connectivity index (χ4v) is 3.49. The van der Waals surface area contributed by atoms with Crippen LogP contribution in [0.4, 0.5) is 11.4 Å². The molecule has 1 N–H and O–H groups in total. The van der Waals surface area contributed by atoms with Crippen molar-refractivity contribution in [1.82, 2.24) is 0 Å². The first kappa shape index (κ1) is 14.1. The van der Waals surface area contributed by atoms with E-state index in [0.717, 1.165) is 54.9 Å². The average molecular weight is 304 g/mol. The van der Waals surface area contributed by atoms with Gasteiger partial charge < -0.3 is 10.2 Å². The number of aryl methyl sites for hydroxylation is 2. The molecule has 0 radical (unpaired) electrons. The van der Waals surface area contributed by atoms with E-state index in [2.05, 4.69) is 24.0 Å². The number of carbonyl (C=O) groups is 1. The summed E-state index contributed by atoms with van der Waals surface area (Å²) in [5.41, 5.74) is 6.43. The van der Waals surface area contributed by atoms with Crippen LogP contribution >= 0.6 is 0 Å². The average Bonchev–Trinajstić information content (AvgIpc) is 2.60. The Kier molecular flexibility index (Phi) is 3.41. The molecule has 0 aromatic heterocycles. The van der Waals surface area contributed by atoms with Crippen molar-refractivity contribution in [3.8, 4) is 0 Å². The first-order chi connectivity index (χ1) is 11.2. The Morgan fingerprint density at radius 2 is 1.91 bits per heavy atom. The minimum atomic E-state index is 0.101. The number of nitrogens with zero attached hydrogens (tertiary/aromatic N) is 1. The summed E-state index contributed by atoms with van der Waals surface area (Å²) in [6.07, 6.45) is 3.95. The van der Waals surface area contributed by atoms with Crippen molar-refractivity contribution < 1.29 is 4.79 Å². The maximum absolute atomic E-state index is 13.0. The van der Waals surface area contributed by atoms with Crippen LogP contribution in [0.25, 0.3) is 0 Å². The summed E-state index contributed by atoms with van der Waals surface area (Å²) in [5, 5.41) is 3.30. The van der Waals surface area contributed by atoms with Gasteiger partial charge in [0.15, 0.2) is 0 Å². The molecule has 0 saturated heterocycles. The highest BCUT2D eigenvalue weighted by Crippen LogP contribution is 2.30. The summed E-state index contributed by atoms with van der Waals surface area (Å²) >= 11 is 0. The number of nitrogens with one attached hydrogen (secondary N) is 1. The van der Waals surface area contributed by atoms with E-state index in [-0.39, 0.29) is 5.91 Å². The third kappa shape index (κ3) is 2.52. The summed E-state index contributed by atoms with van der Waals surface area (Å²) in [6.45, 7) is 4.78. The molecule has 2 aliphatic rings. The van der Waals surface area contributed by atoms with E-state index in [4.69, 9.17) is 0 Å². The van der Waals surface area contributed by atoms with Crippen LogP contribution in [0.15, 0.2) is 54.7 Å². The van der Waals surface area contributed by atoms with Crippen LogP contribution in [0.5, 0.6) is 0 Å². The molecular weight excluding hydrogens is 284 g/mol. The van der Waals surface area contributed by atoms with Gasteiger partial charge in [-0.3, -0.25) is 4.79 Å². The third-order valence-electron chi connectivity index (χ3n) is 4.72. The first-order valence-electron chi connectivity index (χ1n) is 8.20. The zero-order chi connectivity index (χ0) is 15.8. The third-order valence-corrected chi connectivity index (χ3v) is 4.72. The number of amides is 1. The molecule has 23 heavy (non-hydrogen) atoms. The first-order valence-corrected chi connectivity index (χ1v) is 8.20. The summed E-state index contributed by atoms with van der Waals surface area (Å²) in [4.78, 5) is 14.9. The number of carbonyl (C=O) groups excluding carboxylic acids is 1. The number of allylic oxidation sites excluding steroid dienone is 1. The Labute approximate surface area is 136 Å². The number of fused-ring (bicyclic) bond motifs is 2. The van der Waals surface area contributed by atoms with E-state index in [1.54, 1.807) is 0 Å². The molecule has 116 valence electrons. The van der Waals surface area contributed by atoms with E-state index in [1.165, 1.54) is 11.1 Å². The van der Waals surface area contributed by atoms with Gasteiger partial charge in [-0.15, -0.1) is 0 Å². The van der Waals surface area contributed by atoms with E-state index >= 15 is 0 Å². The molecule has 0 aliphatic carbocycles. The predicted molar refractivity (Wildman–Crippen MR) is 94.0 cm³/mol. The molecule has 0 unspecified atom stereocenters. The minimum Gasteiger partial charge on any atom is -0.359 e. The molecule has 0 fully saturated rings. The van der Waals surface area contributed by atoms with Crippen LogP contribution in [-0.2, 0) is 12.8 Å². The highest BCUT2D eigenvalue weighted by molar-refractivity contribution is 6.07. The van der Waals surface area contributed by atoms with Crippen LogP contribution in [0.1, 0.15) is 34.3 Å². The molecule has 1 amide bonds. The number of hydrogen-bond acceptors (Lipinski definition) is 2. The quantitative estimate of drug-likeness (QED) is 0.858. The van der Waals surface area contributed by atoms with Gasteiger partial charge in [0, 0.05) is 29.2 Å². The van der Waals surface area contributed by atoms with Crippen LogP contribution in [-0.4, -0.2) is 12.5 Å². The number of benzene rings is 2. The Hall–Kier alpha value is -2.55. The molecule has 2 aromatic carbocycles. The highest BCUT2D eigenvalue weighted by Gasteiger charge is 2.24. The second-order valence-corrected chi connectivity index (χ2v) is 6.29. The van der Waals surface area contributed by atoms with Gasteiger partial charge in [-0.2, -0.15) is 0 Å². The van der Waals surface area contributed by atoms with E-state index < -0.39 is 0 Å². The molecule has 0 atom stereocenters. The summed E-state index contributed by atoms with van der Waals surface area (Å²) in [6, 6.07) is 14.2. The molecule has 3 nitrogen and oxygen atoms in total. The molecular formula is C20H20N2O. The standard InChI is InChI=1S/C20H20N2O/c1-14-8-9-16-13-17(10-11-18(16)21-14)20(23)22-12-4-6-15-5-2-3-7-19(15)22/h2-3,5,7,10-11,13,21H,1,4,6,8-9,12H2. The lowest BCUT2D eigenvalue weighted by Crippen LogP contribution is -2.35. The van der Waals surface area contributed by atoms with Gasteiger partial charge in [-0.05, 0) is 61.1 Å². The summed E-state index contributed by atoms with van der Waals surface area (Å²) in [5.74, 6) is 0.101. The number of hydrogen-bond donors (Lipinski definition) is 1. The number of para-hydroxylation sites is 1. The Morgan fingerprint density at radius 3 is 2.83 bits per heavy atom. The Morgan fingerprint density at radius 1 is 1.04 bits per heavy atom. The SMILES string of the molecule is C=C1CCc2cc(C(=O)N3CCCc4ccccc43)ccc2N1. The molecule has 0 saturated carbocycles. The molecule has 0 bridgehead atoms. The maximum Gasteiger partial charge on any atom is 0.258 e. The smallest absolute Gasteiger partial charge is 0.258 e. The lowest BCUT2D eigenvalue weighted by atomic mass is 9.97. The van der Waals surface area contributed by atoms with Crippen molar-refractivity contribution in [3.05, 3.63) is 71.4 Å². The number of anilines is 2. The van der Waals surface area contributed by atoms with Crippen LogP contribution in [0, 0.1) is 0 Å². The van der Waals surface area contributed by atoms with Gasteiger partial charge in [0.2, 0.25) is 0 Å². The fourth-order valence-electron chi connectivity index (χ4n) is 3.49. The van der Waals surface area contributed by atoms with Gasteiger partial charge in [-0.25, -0.2) is 0 Å². The molecule has 3 heteroatoms. The highest BCUT2D eigenvalue weighted by atomic mass is 16.2. The normalized spacial score (nSPS) is 16.3. The summed E-state index contributed by atoms with van der Waals surface area (Å²) in [7, 11) is 0. The minimum absolute atomic E-state index is 0.101. The van der Waals surface area contributed by atoms with Gasteiger partial charge in [0.05, 0.1) is 0 Å². The Balaban J connectivity index is 1.67. The second-order valence-electron chi connectivity index (χ2n) is 6.29. The van der Waals surface area contributed by atoms with E-state index in [9.17, 15) is 4.79 Å². The van der Waals surface area contributed by atoms with Gasteiger partial charge in [0.1, 0.15) is 0 Å². The predicted octanol–water partition coefficient (Wildman–Crippen LogP) is 4.15. The molecule has 2 aliphatic heterocycles. The zero-order valence-corrected chi connectivity index (χ0v) is 13.1. The van der Waals surface area contributed by atoms with E-state index in [1.807, 2.05) is 35.2 Å². The molecule has 4 rings (SSSR count). The van der Waals surface area contributed by atoms with Crippen LogP contribution in [0.2, 0.25) is 0 Å². The van der Waals surface area contributed by atoms with Crippen molar-refractivity contribution in [1.29, 1.82) is 0 Å². The Bertz CT molecular complexity index is 794. The van der Waals surface area contributed by atoms with Crippen LogP contribution < -0.4 is 10.2 Å². The summed E-state index contributed by atoms with van der Waals surface area (Å²) < 4.78 is 0. The van der Waals surface area contributed by atoms with Gasteiger partial charge >= 0.3 is 0 Å². The van der Waals surface area contributed by atoms with E-state index in [0.29, 0.717) is 0 Å². The van der Waals surface area contributed by atoms with Crippen molar-refractivity contribution >= 4 is 17.3 Å². The molecule has 2 heterocycles. The largest absolute Gasteiger partial charge is 0.359 e. The monoisotopic (exact) mass is 304 g/mol. The topological polar surface area (TPSA) is 32.3 Å². The fraction of sp³-hybridized carbons (Fsp3) is 0.250. The maximum atomic E-state index is 13.0. The van der Waals surface area contributed by atoms with Gasteiger partial charge in [0.25, 0.3) is 5.91 Å². The lowest BCUT2D eigenvalue weighted by molar-refractivity contribution is 0.0985. The second kappa shape index (κ2) is 5.58. The van der Waals surface area contributed by atoms with Crippen molar-refractivity contribution in [2.24, 2.45) is 0 Å². The zero-order valence-electron chi connectivity index (χ0n) is 13.1.